The topological polar surface area (TPSA) is 57.7 Å². The summed E-state index contributed by atoms with van der Waals surface area (Å²) in [4.78, 5) is 41.7. The molecule has 0 spiro atoms. The fourth-order valence-electron chi connectivity index (χ4n) is 3.57. The van der Waals surface area contributed by atoms with Crippen LogP contribution < -0.4 is 4.90 Å². The van der Waals surface area contributed by atoms with Crippen molar-refractivity contribution in [3.05, 3.63) is 102 Å². The molecule has 1 heterocycles. The number of carbonyl (C=O) groups excluding carboxylic acids is 3. The predicted octanol–water partition coefficient (Wildman–Crippen LogP) is 3.90. The zero-order chi connectivity index (χ0) is 20.4. The van der Waals surface area contributed by atoms with E-state index in [-0.39, 0.29) is 5.91 Å². The minimum absolute atomic E-state index is 0.311. The summed E-state index contributed by atoms with van der Waals surface area (Å²) in [6, 6.07) is 24.6. The van der Waals surface area contributed by atoms with Crippen molar-refractivity contribution in [1.29, 1.82) is 0 Å². The normalized spacial score (nSPS) is 13.9. The van der Waals surface area contributed by atoms with E-state index in [0.29, 0.717) is 23.4 Å². The van der Waals surface area contributed by atoms with Crippen LogP contribution in [0.2, 0.25) is 0 Å². The molecule has 0 fully saturated rings. The fourth-order valence-corrected chi connectivity index (χ4v) is 3.57. The van der Waals surface area contributed by atoms with Crippen LogP contribution in [0.25, 0.3) is 0 Å². The standard InChI is InChI=1S/C24H20N2O3/c1-17(26-23(28)20-14-8-9-15-21(20)24(26)29)22(27)25(19-12-6-3-7-13-19)16-18-10-4-2-5-11-18/h2-15,17H,16H2,1H3. The molecule has 4 rings (SSSR count). The summed E-state index contributed by atoms with van der Waals surface area (Å²) in [6.45, 7) is 1.95. The predicted molar refractivity (Wildman–Crippen MR) is 110 cm³/mol. The average molecular weight is 384 g/mol. The van der Waals surface area contributed by atoms with Crippen LogP contribution in [-0.4, -0.2) is 28.7 Å². The molecule has 1 atom stereocenters. The largest absolute Gasteiger partial charge is 0.306 e. The summed E-state index contributed by atoms with van der Waals surface area (Å²) >= 11 is 0. The van der Waals surface area contributed by atoms with E-state index in [1.807, 2.05) is 60.7 Å². The number of nitrogens with zero attached hydrogens (tertiary/aromatic N) is 2. The van der Waals surface area contributed by atoms with Gasteiger partial charge in [0.25, 0.3) is 11.8 Å². The first-order valence-electron chi connectivity index (χ1n) is 9.45. The van der Waals surface area contributed by atoms with E-state index in [1.54, 1.807) is 36.1 Å². The molecular weight excluding hydrogens is 364 g/mol. The van der Waals surface area contributed by atoms with Crippen LogP contribution >= 0.6 is 0 Å². The smallest absolute Gasteiger partial charge is 0.262 e. The van der Waals surface area contributed by atoms with Crippen molar-refractivity contribution in [2.75, 3.05) is 4.90 Å². The molecule has 29 heavy (non-hydrogen) atoms. The number of imide groups is 1. The van der Waals surface area contributed by atoms with Gasteiger partial charge in [-0.15, -0.1) is 0 Å². The van der Waals surface area contributed by atoms with Gasteiger partial charge >= 0.3 is 0 Å². The third-order valence-electron chi connectivity index (χ3n) is 5.09. The summed E-state index contributed by atoms with van der Waals surface area (Å²) in [5.41, 5.74) is 2.35. The van der Waals surface area contributed by atoms with Crippen molar-refractivity contribution in [3.63, 3.8) is 0 Å². The average Bonchev–Trinajstić information content (AvgIpc) is 3.03. The van der Waals surface area contributed by atoms with E-state index in [9.17, 15) is 14.4 Å². The molecule has 1 aliphatic heterocycles. The first-order valence-corrected chi connectivity index (χ1v) is 9.45. The van der Waals surface area contributed by atoms with E-state index < -0.39 is 17.9 Å². The second-order valence-electron chi connectivity index (χ2n) is 6.95. The Kier molecular flexibility index (Phi) is 4.96. The highest BCUT2D eigenvalue weighted by molar-refractivity contribution is 6.23. The second kappa shape index (κ2) is 7.72. The first kappa shape index (κ1) is 18.6. The summed E-state index contributed by atoms with van der Waals surface area (Å²) in [7, 11) is 0. The molecule has 1 unspecified atom stereocenters. The molecule has 0 aromatic heterocycles. The Hall–Kier alpha value is -3.73. The molecule has 5 heteroatoms. The number of para-hydroxylation sites is 1. The van der Waals surface area contributed by atoms with Gasteiger partial charge < -0.3 is 4.90 Å². The molecule has 0 saturated heterocycles. The number of amides is 3. The van der Waals surface area contributed by atoms with E-state index >= 15 is 0 Å². The van der Waals surface area contributed by atoms with Crippen molar-refractivity contribution in [2.24, 2.45) is 0 Å². The third kappa shape index (κ3) is 3.43. The van der Waals surface area contributed by atoms with Gasteiger partial charge in [-0.05, 0) is 36.8 Å². The maximum atomic E-state index is 13.5. The summed E-state index contributed by atoms with van der Waals surface area (Å²) < 4.78 is 0. The minimum Gasteiger partial charge on any atom is -0.306 e. The number of hydrogen-bond donors (Lipinski definition) is 0. The lowest BCUT2D eigenvalue weighted by atomic mass is 10.1. The highest BCUT2D eigenvalue weighted by Gasteiger charge is 2.41. The highest BCUT2D eigenvalue weighted by Crippen LogP contribution is 2.27. The SMILES string of the molecule is CC(C(=O)N(Cc1ccccc1)c1ccccc1)N1C(=O)c2ccccc2C1=O. The Morgan fingerprint density at radius 2 is 1.28 bits per heavy atom. The van der Waals surface area contributed by atoms with Gasteiger partial charge in [-0.3, -0.25) is 19.3 Å². The fraction of sp³-hybridized carbons (Fsp3) is 0.125. The molecule has 3 amide bonds. The molecule has 0 bridgehead atoms. The monoisotopic (exact) mass is 384 g/mol. The molecule has 0 N–H and O–H groups in total. The summed E-state index contributed by atoms with van der Waals surface area (Å²) in [5.74, 6) is -1.17. The van der Waals surface area contributed by atoms with E-state index in [2.05, 4.69) is 0 Å². The van der Waals surface area contributed by atoms with Gasteiger partial charge in [-0.2, -0.15) is 0 Å². The Morgan fingerprint density at radius 1 is 0.793 bits per heavy atom. The molecule has 3 aromatic rings. The minimum atomic E-state index is -0.925. The molecular formula is C24H20N2O3. The maximum Gasteiger partial charge on any atom is 0.262 e. The summed E-state index contributed by atoms with van der Waals surface area (Å²) in [6.07, 6.45) is 0. The Bertz CT molecular complexity index is 1030. The van der Waals surface area contributed by atoms with Crippen molar-refractivity contribution in [3.8, 4) is 0 Å². The molecule has 1 aliphatic rings. The summed E-state index contributed by atoms with van der Waals surface area (Å²) in [5, 5.41) is 0. The molecule has 0 aliphatic carbocycles. The lowest BCUT2D eigenvalue weighted by Gasteiger charge is -2.29. The highest BCUT2D eigenvalue weighted by atomic mass is 16.2. The molecule has 144 valence electrons. The Morgan fingerprint density at radius 3 is 1.83 bits per heavy atom. The van der Waals surface area contributed by atoms with Gasteiger partial charge in [0.15, 0.2) is 0 Å². The van der Waals surface area contributed by atoms with Gasteiger partial charge in [0, 0.05) is 5.69 Å². The van der Waals surface area contributed by atoms with Crippen molar-refractivity contribution in [1.82, 2.24) is 4.90 Å². The second-order valence-corrected chi connectivity index (χ2v) is 6.95. The number of rotatable bonds is 5. The molecule has 0 radical (unpaired) electrons. The zero-order valence-electron chi connectivity index (χ0n) is 16.0. The number of anilines is 1. The van der Waals surface area contributed by atoms with Crippen molar-refractivity contribution >= 4 is 23.4 Å². The third-order valence-corrected chi connectivity index (χ3v) is 5.09. The van der Waals surface area contributed by atoms with Crippen molar-refractivity contribution in [2.45, 2.75) is 19.5 Å². The van der Waals surface area contributed by atoms with E-state index in [0.717, 1.165) is 10.5 Å². The number of hydrogen-bond acceptors (Lipinski definition) is 3. The van der Waals surface area contributed by atoms with Crippen LogP contribution in [0.15, 0.2) is 84.9 Å². The lowest BCUT2D eigenvalue weighted by molar-refractivity contribution is -0.122. The van der Waals surface area contributed by atoms with Crippen LogP contribution in [-0.2, 0) is 11.3 Å². The number of benzene rings is 3. The van der Waals surface area contributed by atoms with Crippen LogP contribution in [0.5, 0.6) is 0 Å². The van der Waals surface area contributed by atoms with Crippen LogP contribution in [0.4, 0.5) is 5.69 Å². The quantitative estimate of drug-likeness (QED) is 0.627. The van der Waals surface area contributed by atoms with Gasteiger partial charge in [-0.1, -0.05) is 60.7 Å². The van der Waals surface area contributed by atoms with Crippen molar-refractivity contribution < 1.29 is 14.4 Å². The Labute approximate surface area is 169 Å². The van der Waals surface area contributed by atoms with Gasteiger partial charge in [-0.25, -0.2) is 0 Å². The van der Waals surface area contributed by atoms with Gasteiger partial charge in [0.1, 0.15) is 6.04 Å². The van der Waals surface area contributed by atoms with E-state index in [1.165, 1.54) is 0 Å². The maximum absolute atomic E-state index is 13.5. The molecule has 3 aromatic carbocycles. The van der Waals surface area contributed by atoms with Crippen LogP contribution in [0, 0.1) is 0 Å². The zero-order valence-corrected chi connectivity index (χ0v) is 16.0. The van der Waals surface area contributed by atoms with Gasteiger partial charge in [0.05, 0.1) is 17.7 Å². The van der Waals surface area contributed by atoms with E-state index in [4.69, 9.17) is 0 Å². The van der Waals surface area contributed by atoms with Crippen LogP contribution in [0.1, 0.15) is 33.2 Å². The Balaban J connectivity index is 1.66. The molecule has 0 saturated carbocycles. The number of carbonyl (C=O) groups is 3. The first-order chi connectivity index (χ1) is 14.1. The van der Waals surface area contributed by atoms with Gasteiger partial charge in [0.2, 0.25) is 5.91 Å². The lowest BCUT2D eigenvalue weighted by Crippen LogP contribution is -2.49. The number of fused-ring (bicyclic) bond motifs is 1. The molecule has 5 nitrogen and oxygen atoms in total. The van der Waals surface area contributed by atoms with Crippen LogP contribution in [0.3, 0.4) is 0 Å².